The maximum atomic E-state index is 11.7. The molecule has 8 heteroatoms. The van der Waals surface area contributed by atoms with Crippen molar-refractivity contribution >= 4 is 41.8 Å². The number of aliphatic imine (C=N–C) groups is 1. The van der Waals surface area contributed by atoms with E-state index < -0.39 is 5.91 Å². The highest BCUT2D eigenvalue weighted by atomic mass is 127. The molecule has 0 bridgehead atoms. The van der Waals surface area contributed by atoms with Gasteiger partial charge in [0, 0.05) is 12.1 Å². The van der Waals surface area contributed by atoms with Gasteiger partial charge in [0.2, 0.25) is 5.91 Å². The van der Waals surface area contributed by atoms with Gasteiger partial charge >= 0.3 is 0 Å². The number of nitrogens with two attached hydrogens (primary N) is 2. The average molecular weight is 433 g/mol. The summed E-state index contributed by atoms with van der Waals surface area (Å²) in [6.07, 6.45) is 2.14. The summed E-state index contributed by atoms with van der Waals surface area (Å²) in [6, 6.07) is 6.92. The van der Waals surface area contributed by atoms with Crippen LogP contribution in [0.3, 0.4) is 0 Å². The van der Waals surface area contributed by atoms with Crippen molar-refractivity contribution in [1.82, 2.24) is 10.6 Å². The molecule has 0 saturated carbocycles. The highest BCUT2D eigenvalue weighted by Gasteiger charge is 2.05. The molecule has 0 aromatic heterocycles. The summed E-state index contributed by atoms with van der Waals surface area (Å²) in [5, 5.41) is 5.46. The van der Waals surface area contributed by atoms with Gasteiger partial charge < -0.3 is 22.1 Å². The van der Waals surface area contributed by atoms with Crippen molar-refractivity contribution in [1.29, 1.82) is 0 Å². The molecule has 0 saturated heterocycles. The second kappa shape index (κ2) is 11.7. The molecule has 0 aliphatic heterocycles. The first-order chi connectivity index (χ1) is 10.5. The summed E-state index contributed by atoms with van der Waals surface area (Å²) in [5.41, 5.74) is 12.1. The fraction of sp³-hybridized carbons (Fsp3) is 0.400. The number of hydrogen-bond donors (Lipinski definition) is 4. The van der Waals surface area contributed by atoms with E-state index in [-0.39, 0.29) is 36.4 Å². The third-order valence-corrected chi connectivity index (χ3v) is 2.91. The van der Waals surface area contributed by atoms with E-state index in [1.807, 2.05) is 0 Å². The number of carbonyl (C=O) groups is 2. The van der Waals surface area contributed by atoms with Crippen LogP contribution in [-0.2, 0) is 11.3 Å². The van der Waals surface area contributed by atoms with Crippen LogP contribution in [0.25, 0.3) is 0 Å². The first-order valence-electron chi connectivity index (χ1n) is 7.22. The van der Waals surface area contributed by atoms with Crippen molar-refractivity contribution in [3.05, 3.63) is 35.4 Å². The standard InChI is InChI=1S/C15H23N5O2.HI/c1-2-3-8-18-15(17)20-9-11-4-6-12(7-5-11)14(22)19-10-13(16)21;/h4-7H,2-3,8-10H2,1H3,(H2,16,21)(H,19,22)(H3,17,18,20);1H. The molecule has 1 aromatic carbocycles. The van der Waals surface area contributed by atoms with Crippen LogP contribution in [0, 0.1) is 0 Å². The van der Waals surface area contributed by atoms with Crippen LogP contribution < -0.4 is 22.1 Å². The van der Waals surface area contributed by atoms with Gasteiger partial charge in [-0.05, 0) is 24.1 Å². The van der Waals surface area contributed by atoms with Crippen LogP contribution in [0.2, 0.25) is 0 Å². The van der Waals surface area contributed by atoms with Crippen molar-refractivity contribution in [3.63, 3.8) is 0 Å². The van der Waals surface area contributed by atoms with Crippen molar-refractivity contribution in [2.45, 2.75) is 26.3 Å². The number of amides is 2. The Morgan fingerprint density at radius 2 is 1.78 bits per heavy atom. The Labute approximate surface area is 153 Å². The maximum Gasteiger partial charge on any atom is 0.251 e. The summed E-state index contributed by atoms with van der Waals surface area (Å²) < 4.78 is 0. The lowest BCUT2D eigenvalue weighted by Crippen LogP contribution is -2.33. The Morgan fingerprint density at radius 3 is 2.35 bits per heavy atom. The molecule has 0 aliphatic rings. The quantitative estimate of drug-likeness (QED) is 0.209. The van der Waals surface area contributed by atoms with Crippen LogP contribution in [0.4, 0.5) is 0 Å². The number of unbranched alkanes of at least 4 members (excludes halogenated alkanes) is 1. The predicted octanol–water partition coefficient (Wildman–Crippen LogP) is 0.724. The van der Waals surface area contributed by atoms with E-state index in [4.69, 9.17) is 11.5 Å². The average Bonchev–Trinajstić information content (AvgIpc) is 2.51. The van der Waals surface area contributed by atoms with E-state index in [1.54, 1.807) is 24.3 Å². The molecule has 0 atom stereocenters. The number of carbonyl (C=O) groups excluding carboxylic acids is 2. The first kappa shape index (κ1) is 21.2. The van der Waals surface area contributed by atoms with Gasteiger partial charge in [0.05, 0.1) is 13.1 Å². The third kappa shape index (κ3) is 9.01. The summed E-state index contributed by atoms with van der Waals surface area (Å²) in [6.45, 7) is 3.18. The second-order valence-corrected chi connectivity index (χ2v) is 4.83. The third-order valence-electron chi connectivity index (χ3n) is 2.91. The van der Waals surface area contributed by atoms with Crippen molar-refractivity contribution < 1.29 is 9.59 Å². The largest absolute Gasteiger partial charge is 0.370 e. The number of primary amides is 1. The van der Waals surface area contributed by atoms with Crippen LogP contribution >= 0.6 is 24.0 Å². The van der Waals surface area contributed by atoms with Gasteiger partial charge in [-0.2, -0.15) is 0 Å². The molecule has 0 unspecified atom stereocenters. The Bertz CT molecular complexity index is 531. The number of guanidine groups is 1. The van der Waals surface area contributed by atoms with Gasteiger partial charge in [-0.1, -0.05) is 25.5 Å². The Balaban J connectivity index is 0.00000484. The molecule has 0 fully saturated rings. The lowest BCUT2D eigenvalue weighted by atomic mass is 10.1. The smallest absolute Gasteiger partial charge is 0.251 e. The zero-order valence-electron chi connectivity index (χ0n) is 13.2. The lowest BCUT2D eigenvalue weighted by molar-refractivity contribution is -0.117. The highest BCUT2D eigenvalue weighted by molar-refractivity contribution is 14.0. The van der Waals surface area contributed by atoms with Crippen LogP contribution in [0.5, 0.6) is 0 Å². The summed E-state index contributed by atoms with van der Waals surface area (Å²) in [4.78, 5) is 26.5. The Hall–Kier alpha value is -1.84. The van der Waals surface area contributed by atoms with E-state index in [0.29, 0.717) is 18.1 Å². The SMILES string of the molecule is CCCCNC(N)=NCc1ccc(C(=O)NCC(N)=O)cc1.I. The molecule has 0 spiro atoms. The number of halogens is 1. The van der Waals surface area contributed by atoms with Crippen molar-refractivity contribution in [3.8, 4) is 0 Å². The van der Waals surface area contributed by atoms with E-state index in [9.17, 15) is 9.59 Å². The Kier molecular flexibility index (Phi) is 10.8. The highest BCUT2D eigenvalue weighted by Crippen LogP contribution is 2.05. The second-order valence-electron chi connectivity index (χ2n) is 4.83. The van der Waals surface area contributed by atoms with Crippen molar-refractivity contribution in [2.24, 2.45) is 16.5 Å². The minimum Gasteiger partial charge on any atom is -0.370 e. The van der Waals surface area contributed by atoms with E-state index in [1.165, 1.54) is 0 Å². The van der Waals surface area contributed by atoms with Gasteiger partial charge in [0.15, 0.2) is 5.96 Å². The predicted molar refractivity (Wildman–Crippen MR) is 102 cm³/mol. The fourth-order valence-corrected chi connectivity index (χ4v) is 1.66. The fourth-order valence-electron chi connectivity index (χ4n) is 1.66. The molecule has 6 N–H and O–H groups in total. The molecule has 1 aromatic rings. The summed E-state index contributed by atoms with van der Waals surface area (Å²) in [7, 11) is 0. The minimum absolute atomic E-state index is 0. The monoisotopic (exact) mass is 433 g/mol. The van der Waals surface area contributed by atoms with Gasteiger partial charge in [-0.25, -0.2) is 4.99 Å². The van der Waals surface area contributed by atoms with Crippen LogP contribution in [0.1, 0.15) is 35.7 Å². The zero-order chi connectivity index (χ0) is 16.4. The number of hydrogen-bond acceptors (Lipinski definition) is 3. The lowest BCUT2D eigenvalue weighted by Gasteiger charge is -2.05. The number of rotatable bonds is 8. The van der Waals surface area contributed by atoms with Gasteiger partial charge in [-0.15, -0.1) is 24.0 Å². The van der Waals surface area contributed by atoms with Gasteiger partial charge in [0.25, 0.3) is 5.91 Å². The molecule has 23 heavy (non-hydrogen) atoms. The molecular formula is C15H24IN5O2. The van der Waals surface area contributed by atoms with Gasteiger partial charge in [0.1, 0.15) is 0 Å². The molecule has 0 aliphatic carbocycles. The van der Waals surface area contributed by atoms with Crippen molar-refractivity contribution in [2.75, 3.05) is 13.1 Å². The topological polar surface area (TPSA) is 123 Å². The molecule has 2 amide bonds. The van der Waals surface area contributed by atoms with Crippen LogP contribution in [-0.4, -0.2) is 30.9 Å². The van der Waals surface area contributed by atoms with E-state index in [2.05, 4.69) is 22.5 Å². The molecule has 7 nitrogen and oxygen atoms in total. The Morgan fingerprint density at radius 1 is 1.13 bits per heavy atom. The normalized spacial score (nSPS) is 10.6. The number of nitrogens with zero attached hydrogens (tertiary/aromatic N) is 1. The first-order valence-corrected chi connectivity index (χ1v) is 7.22. The van der Waals surface area contributed by atoms with Gasteiger partial charge in [-0.3, -0.25) is 9.59 Å². The molecule has 0 radical (unpaired) electrons. The molecule has 128 valence electrons. The zero-order valence-corrected chi connectivity index (χ0v) is 15.5. The molecule has 0 heterocycles. The maximum absolute atomic E-state index is 11.7. The van der Waals surface area contributed by atoms with Crippen LogP contribution in [0.15, 0.2) is 29.3 Å². The van der Waals surface area contributed by atoms with E-state index >= 15 is 0 Å². The summed E-state index contributed by atoms with van der Waals surface area (Å²) in [5.74, 6) is -0.503. The molecule has 1 rings (SSSR count). The number of benzene rings is 1. The minimum atomic E-state index is -0.578. The summed E-state index contributed by atoms with van der Waals surface area (Å²) >= 11 is 0. The number of nitrogens with one attached hydrogen (secondary N) is 2. The molecular weight excluding hydrogens is 409 g/mol. The van der Waals surface area contributed by atoms with E-state index in [0.717, 1.165) is 24.9 Å².